The van der Waals surface area contributed by atoms with E-state index in [1.165, 1.54) is 97.3 Å². The Kier molecular flexibility index (Phi) is 10.4. The summed E-state index contributed by atoms with van der Waals surface area (Å²) in [5.74, 6) is 2.37. The molecule has 4 rings (SSSR count). The maximum atomic E-state index is 10.8. The Morgan fingerprint density at radius 1 is 0.737 bits per heavy atom. The van der Waals surface area contributed by atoms with E-state index in [1.807, 2.05) is 7.11 Å². The second kappa shape index (κ2) is 13.3. The fraction of sp³-hybridized carbons (Fsp3) is 0.657. The lowest BCUT2D eigenvalue weighted by molar-refractivity contribution is 0.282. The van der Waals surface area contributed by atoms with Gasteiger partial charge in [-0.15, -0.1) is 0 Å². The zero-order valence-corrected chi connectivity index (χ0v) is 26.2. The molecule has 0 radical (unpaired) electrons. The van der Waals surface area contributed by atoms with E-state index in [0.717, 1.165) is 22.6 Å². The van der Waals surface area contributed by atoms with Crippen LogP contribution in [-0.4, -0.2) is 23.5 Å². The molecule has 0 bridgehead atoms. The van der Waals surface area contributed by atoms with Crippen LogP contribution in [0.5, 0.6) is 5.75 Å². The molecule has 3 heteroatoms. The summed E-state index contributed by atoms with van der Waals surface area (Å²) >= 11 is 0. The van der Waals surface area contributed by atoms with E-state index in [-0.39, 0.29) is 6.61 Å². The first-order valence-corrected chi connectivity index (χ1v) is 17.0. The second-order valence-electron chi connectivity index (χ2n) is 12.8. The van der Waals surface area contributed by atoms with Crippen LogP contribution in [0.1, 0.15) is 146 Å². The summed E-state index contributed by atoms with van der Waals surface area (Å²) < 4.78 is 6.27. The van der Waals surface area contributed by atoms with Gasteiger partial charge >= 0.3 is 0 Å². The van der Waals surface area contributed by atoms with E-state index in [0.29, 0.717) is 17.8 Å². The van der Waals surface area contributed by atoms with E-state index in [4.69, 9.17) is 4.74 Å². The summed E-state index contributed by atoms with van der Waals surface area (Å²) in [5.41, 5.74) is 9.65. The molecule has 2 saturated carbocycles. The van der Waals surface area contributed by atoms with Crippen LogP contribution in [0.25, 0.3) is 11.1 Å². The Morgan fingerprint density at radius 3 is 1.63 bits per heavy atom. The molecule has 0 aromatic heterocycles. The number of hydrogen-bond donors (Lipinski definition) is 1. The summed E-state index contributed by atoms with van der Waals surface area (Å²) in [5, 5.41) is 12.3. The molecule has 2 fully saturated rings. The minimum absolute atomic E-state index is 0.0752. The van der Waals surface area contributed by atoms with Gasteiger partial charge in [0, 0.05) is 5.30 Å². The monoisotopic (exact) mass is 536 g/mol. The lowest BCUT2D eigenvalue weighted by Crippen LogP contribution is -2.29. The molecule has 0 heterocycles. The van der Waals surface area contributed by atoms with Crippen LogP contribution < -0.4 is 10.0 Å². The van der Waals surface area contributed by atoms with Gasteiger partial charge in [-0.2, -0.15) is 0 Å². The Morgan fingerprint density at radius 2 is 1.24 bits per heavy atom. The fourth-order valence-corrected chi connectivity index (χ4v) is 11.2. The van der Waals surface area contributed by atoms with Crippen LogP contribution in [0.4, 0.5) is 0 Å². The van der Waals surface area contributed by atoms with Crippen molar-refractivity contribution in [3.8, 4) is 16.9 Å². The molecule has 2 aliphatic carbocycles. The van der Waals surface area contributed by atoms with Crippen LogP contribution in [0, 0.1) is 0 Å². The lowest BCUT2D eigenvalue weighted by Gasteiger charge is -2.41. The first-order valence-electron chi connectivity index (χ1n) is 15.6. The van der Waals surface area contributed by atoms with Crippen molar-refractivity contribution in [3.05, 3.63) is 46.5 Å². The van der Waals surface area contributed by atoms with Gasteiger partial charge < -0.3 is 9.84 Å². The molecular formula is C35H53O2P. The molecule has 0 saturated heterocycles. The molecule has 2 aromatic rings. The number of aliphatic hydroxyl groups is 1. The van der Waals surface area contributed by atoms with E-state index in [2.05, 4.69) is 65.8 Å². The van der Waals surface area contributed by atoms with Gasteiger partial charge in [-0.3, -0.25) is 0 Å². The number of aliphatic hydroxyl groups excluding tert-OH is 1. The largest absolute Gasteiger partial charge is 0.496 e. The van der Waals surface area contributed by atoms with Gasteiger partial charge in [0.05, 0.1) is 13.7 Å². The van der Waals surface area contributed by atoms with E-state index in [1.54, 1.807) is 0 Å². The maximum Gasteiger partial charge on any atom is 0.127 e. The fourth-order valence-electron chi connectivity index (χ4n) is 7.07. The zero-order chi connectivity index (χ0) is 27.4. The summed E-state index contributed by atoms with van der Waals surface area (Å²) in [7, 11) is 1.46. The quantitative estimate of drug-likeness (QED) is 0.323. The second-order valence-corrected chi connectivity index (χ2v) is 15.6. The number of hydrogen-bond acceptors (Lipinski definition) is 2. The molecule has 2 aromatic carbocycles. The summed E-state index contributed by atoms with van der Waals surface area (Å²) in [6, 6.07) is 9.28. The first-order chi connectivity index (χ1) is 18.3. The topological polar surface area (TPSA) is 29.5 Å². The van der Waals surface area contributed by atoms with E-state index < -0.39 is 7.92 Å². The smallest absolute Gasteiger partial charge is 0.127 e. The molecule has 0 atom stereocenters. The Hall–Kier alpha value is -1.37. The van der Waals surface area contributed by atoms with Crippen LogP contribution in [0.2, 0.25) is 0 Å². The van der Waals surface area contributed by atoms with Crippen molar-refractivity contribution >= 4 is 13.2 Å². The van der Waals surface area contributed by atoms with Gasteiger partial charge in [0.1, 0.15) is 5.75 Å². The van der Waals surface area contributed by atoms with Crippen LogP contribution in [-0.2, 0) is 6.61 Å². The van der Waals surface area contributed by atoms with Gasteiger partial charge in [0.15, 0.2) is 0 Å². The standard InChI is InChI=1S/C35H53O2P/c1-23(2)27-20-30(24(3)4)34(31(21-27)25(5)6)33-26(22-36)18-19-32(37-7)35(33)38(28-14-10-8-11-15-28)29-16-12-9-13-17-29/h18-21,23-25,28-29,36H,8-17,22H2,1-7H3. The molecule has 1 N–H and O–H groups in total. The average Bonchev–Trinajstić information content (AvgIpc) is 2.93. The van der Waals surface area contributed by atoms with Crippen LogP contribution in [0.15, 0.2) is 24.3 Å². The molecule has 0 unspecified atom stereocenters. The van der Waals surface area contributed by atoms with Crippen molar-refractivity contribution in [3.63, 3.8) is 0 Å². The molecule has 0 amide bonds. The Balaban J connectivity index is 2.08. The highest BCUT2D eigenvalue weighted by atomic mass is 31.1. The van der Waals surface area contributed by atoms with Gasteiger partial charge in [0.25, 0.3) is 0 Å². The summed E-state index contributed by atoms with van der Waals surface area (Å²) in [6.45, 7) is 14.1. The number of benzene rings is 2. The van der Waals surface area contributed by atoms with Crippen molar-refractivity contribution < 1.29 is 9.84 Å². The third kappa shape index (κ3) is 6.18. The predicted molar refractivity (Wildman–Crippen MR) is 167 cm³/mol. The summed E-state index contributed by atoms with van der Waals surface area (Å²) in [6.07, 6.45) is 13.7. The van der Waals surface area contributed by atoms with E-state index in [9.17, 15) is 5.11 Å². The van der Waals surface area contributed by atoms with Crippen molar-refractivity contribution in [1.29, 1.82) is 0 Å². The zero-order valence-electron chi connectivity index (χ0n) is 25.3. The van der Waals surface area contributed by atoms with Crippen molar-refractivity contribution in [1.82, 2.24) is 0 Å². The van der Waals surface area contributed by atoms with Crippen LogP contribution >= 0.6 is 7.92 Å². The highest BCUT2D eigenvalue weighted by Gasteiger charge is 2.37. The molecule has 38 heavy (non-hydrogen) atoms. The molecule has 0 spiro atoms. The third-order valence-electron chi connectivity index (χ3n) is 9.19. The van der Waals surface area contributed by atoms with E-state index >= 15 is 0 Å². The summed E-state index contributed by atoms with van der Waals surface area (Å²) in [4.78, 5) is 0. The highest BCUT2D eigenvalue weighted by Crippen LogP contribution is 2.59. The Bertz CT molecular complexity index is 1010. The predicted octanol–water partition coefficient (Wildman–Crippen LogP) is 10.00. The first kappa shape index (κ1) is 29.6. The lowest BCUT2D eigenvalue weighted by atomic mass is 9.80. The third-order valence-corrected chi connectivity index (χ3v) is 12.8. The van der Waals surface area contributed by atoms with Crippen molar-refractivity contribution in [2.75, 3.05) is 7.11 Å². The van der Waals surface area contributed by atoms with Crippen molar-refractivity contribution in [2.24, 2.45) is 0 Å². The van der Waals surface area contributed by atoms with Gasteiger partial charge in [0.2, 0.25) is 0 Å². The molecule has 0 aliphatic heterocycles. The molecule has 210 valence electrons. The number of ether oxygens (including phenoxy) is 1. The molecule has 2 nitrogen and oxygen atoms in total. The van der Waals surface area contributed by atoms with Gasteiger partial charge in [-0.1, -0.05) is 106 Å². The SMILES string of the molecule is COc1ccc(CO)c(-c2c(C(C)C)cc(C(C)C)cc2C(C)C)c1P(C1CCCCC1)C1CCCCC1. The minimum atomic E-state index is -0.405. The van der Waals surface area contributed by atoms with Gasteiger partial charge in [-0.05, 0) is 94.2 Å². The normalized spacial score (nSPS) is 17.8. The van der Waals surface area contributed by atoms with Crippen LogP contribution in [0.3, 0.4) is 0 Å². The number of methoxy groups -OCH3 is 1. The Labute approximate surface area is 234 Å². The highest BCUT2D eigenvalue weighted by molar-refractivity contribution is 7.67. The molecular weight excluding hydrogens is 483 g/mol. The number of rotatable bonds is 9. The average molecular weight is 537 g/mol. The van der Waals surface area contributed by atoms with Gasteiger partial charge in [-0.25, -0.2) is 0 Å². The maximum absolute atomic E-state index is 10.8. The van der Waals surface area contributed by atoms with Crippen molar-refractivity contribution in [2.45, 2.75) is 141 Å². The minimum Gasteiger partial charge on any atom is -0.496 e. The molecule has 2 aliphatic rings.